The van der Waals surface area contributed by atoms with Crippen LogP contribution in [0.2, 0.25) is 0 Å². The molecule has 0 fully saturated rings. The van der Waals surface area contributed by atoms with Gasteiger partial charge in [0.05, 0.1) is 7.11 Å². The van der Waals surface area contributed by atoms with Crippen molar-refractivity contribution in [2.75, 3.05) is 7.11 Å². The van der Waals surface area contributed by atoms with Crippen LogP contribution in [-0.2, 0) is 4.79 Å². The normalized spacial score (nSPS) is 9.12. The molecule has 0 aliphatic rings. The van der Waals surface area contributed by atoms with Crippen molar-refractivity contribution in [3.63, 3.8) is 0 Å². The molecule has 0 saturated heterocycles. The molecule has 0 aliphatic heterocycles. The lowest BCUT2D eigenvalue weighted by atomic mass is 10.1. The number of hydrogen-bond acceptors (Lipinski definition) is 2. The molecule has 84 valence electrons. The van der Waals surface area contributed by atoms with Crippen molar-refractivity contribution < 1.29 is 9.53 Å². The summed E-state index contributed by atoms with van der Waals surface area (Å²) in [6, 6.07) is 14.3. The summed E-state index contributed by atoms with van der Waals surface area (Å²) < 4.78 is 5.12. The first kappa shape index (κ1) is 12.2. The van der Waals surface area contributed by atoms with Crippen LogP contribution < -0.4 is 4.74 Å². The maximum Gasteiger partial charge on any atom is 0.119 e. The average molecular weight is 216 g/mol. The number of fused-ring (bicyclic) bond motifs is 1. The number of aldehydes is 1. The second-order valence-electron chi connectivity index (χ2n) is 3.29. The van der Waals surface area contributed by atoms with E-state index in [-0.39, 0.29) is 0 Å². The average Bonchev–Trinajstić information content (AvgIpc) is 2.38. The maximum absolute atomic E-state index is 9.17. The van der Waals surface area contributed by atoms with Gasteiger partial charge in [0.15, 0.2) is 0 Å². The highest BCUT2D eigenvalue weighted by Crippen LogP contribution is 2.19. The van der Waals surface area contributed by atoms with Gasteiger partial charge in [-0.3, -0.25) is 0 Å². The van der Waals surface area contributed by atoms with Gasteiger partial charge in [-0.2, -0.15) is 0 Å². The van der Waals surface area contributed by atoms with Crippen LogP contribution in [-0.4, -0.2) is 13.4 Å². The molecular weight excluding hydrogens is 200 g/mol. The van der Waals surface area contributed by atoms with Crippen LogP contribution in [0.4, 0.5) is 0 Å². The van der Waals surface area contributed by atoms with Gasteiger partial charge in [0.1, 0.15) is 12.0 Å². The van der Waals surface area contributed by atoms with Gasteiger partial charge in [0.25, 0.3) is 0 Å². The number of methoxy groups -OCH3 is 1. The minimum atomic E-state index is 0.639. The number of ether oxygens (including phenoxy) is 1. The van der Waals surface area contributed by atoms with Gasteiger partial charge < -0.3 is 9.53 Å². The Labute approximate surface area is 95.9 Å². The zero-order chi connectivity index (χ0) is 11.8. The lowest BCUT2D eigenvalue weighted by molar-refractivity contribution is -0.107. The first-order valence-electron chi connectivity index (χ1n) is 5.28. The SMILES string of the molecule is CCC=O.COc1ccc2ccccc2c1. The standard InChI is InChI=1S/C11H10O.C3H6O/c1-12-11-7-6-9-4-2-3-5-10(9)8-11;1-2-3-4/h2-8H,1H3;3H,2H2,1H3. The largest absolute Gasteiger partial charge is 0.497 e. The molecule has 0 saturated carbocycles. The Kier molecular flexibility index (Phi) is 5.06. The fourth-order valence-electron chi connectivity index (χ4n) is 1.29. The van der Waals surface area contributed by atoms with Crippen molar-refractivity contribution >= 4 is 17.1 Å². The Hall–Kier alpha value is -1.83. The molecular formula is C14H16O2. The van der Waals surface area contributed by atoms with Gasteiger partial charge in [-0.1, -0.05) is 37.3 Å². The monoisotopic (exact) mass is 216 g/mol. The van der Waals surface area contributed by atoms with E-state index in [4.69, 9.17) is 4.74 Å². The number of benzene rings is 2. The Balaban J connectivity index is 0.000000280. The van der Waals surface area contributed by atoms with Crippen LogP contribution in [0.1, 0.15) is 13.3 Å². The zero-order valence-corrected chi connectivity index (χ0v) is 9.64. The van der Waals surface area contributed by atoms with E-state index in [0.29, 0.717) is 6.42 Å². The van der Waals surface area contributed by atoms with Gasteiger partial charge in [-0.25, -0.2) is 0 Å². The van der Waals surface area contributed by atoms with Gasteiger partial charge in [0, 0.05) is 6.42 Å². The predicted octanol–water partition coefficient (Wildman–Crippen LogP) is 3.44. The fourth-order valence-corrected chi connectivity index (χ4v) is 1.29. The van der Waals surface area contributed by atoms with E-state index in [1.807, 2.05) is 31.2 Å². The van der Waals surface area contributed by atoms with Gasteiger partial charge in [0.2, 0.25) is 0 Å². The van der Waals surface area contributed by atoms with Crippen molar-refractivity contribution in [1.29, 1.82) is 0 Å². The Morgan fingerprint density at radius 3 is 2.31 bits per heavy atom. The molecule has 2 nitrogen and oxygen atoms in total. The van der Waals surface area contributed by atoms with Crippen LogP contribution in [0.5, 0.6) is 5.75 Å². The summed E-state index contributed by atoms with van der Waals surface area (Å²) in [4.78, 5) is 9.17. The Morgan fingerprint density at radius 2 is 1.75 bits per heavy atom. The Bertz CT molecular complexity index is 449. The number of carbonyl (C=O) groups is 1. The summed E-state index contributed by atoms with van der Waals surface area (Å²) in [5.74, 6) is 0.911. The summed E-state index contributed by atoms with van der Waals surface area (Å²) in [5.41, 5.74) is 0. The number of carbonyl (C=O) groups excluding carboxylic acids is 1. The molecule has 0 aliphatic carbocycles. The fraction of sp³-hybridized carbons (Fsp3) is 0.214. The third-order valence-electron chi connectivity index (χ3n) is 2.12. The molecule has 0 amide bonds. The first-order chi connectivity index (χ1) is 7.81. The van der Waals surface area contributed by atoms with Gasteiger partial charge >= 0.3 is 0 Å². The van der Waals surface area contributed by atoms with Crippen LogP contribution in [0, 0.1) is 0 Å². The smallest absolute Gasteiger partial charge is 0.119 e. The molecule has 2 heteroatoms. The first-order valence-corrected chi connectivity index (χ1v) is 5.28. The van der Waals surface area contributed by atoms with Gasteiger partial charge in [-0.15, -0.1) is 0 Å². The summed E-state index contributed by atoms with van der Waals surface area (Å²) in [5, 5.41) is 2.47. The lowest BCUT2D eigenvalue weighted by Gasteiger charge is -2.00. The van der Waals surface area contributed by atoms with E-state index in [2.05, 4.69) is 18.2 Å². The van der Waals surface area contributed by atoms with Crippen molar-refractivity contribution in [2.45, 2.75) is 13.3 Å². The minimum Gasteiger partial charge on any atom is -0.497 e. The minimum absolute atomic E-state index is 0.639. The summed E-state index contributed by atoms with van der Waals surface area (Å²) >= 11 is 0. The lowest BCUT2D eigenvalue weighted by Crippen LogP contribution is -1.81. The topological polar surface area (TPSA) is 26.3 Å². The van der Waals surface area contributed by atoms with Crippen LogP contribution >= 0.6 is 0 Å². The quantitative estimate of drug-likeness (QED) is 0.719. The van der Waals surface area contributed by atoms with Crippen molar-refractivity contribution in [3.8, 4) is 5.75 Å². The summed E-state index contributed by atoms with van der Waals surface area (Å²) in [6.45, 7) is 1.81. The van der Waals surface area contributed by atoms with E-state index in [1.165, 1.54) is 10.8 Å². The highest BCUT2D eigenvalue weighted by atomic mass is 16.5. The number of rotatable bonds is 2. The van der Waals surface area contributed by atoms with E-state index in [0.717, 1.165) is 12.0 Å². The second kappa shape index (κ2) is 6.62. The molecule has 2 aromatic carbocycles. The van der Waals surface area contributed by atoms with Crippen LogP contribution in [0.3, 0.4) is 0 Å². The van der Waals surface area contributed by atoms with Crippen molar-refractivity contribution in [2.24, 2.45) is 0 Å². The van der Waals surface area contributed by atoms with Crippen molar-refractivity contribution in [1.82, 2.24) is 0 Å². The highest BCUT2D eigenvalue weighted by Gasteiger charge is 1.93. The molecule has 16 heavy (non-hydrogen) atoms. The van der Waals surface area contributed by atoms with E-state index in [1.54, 1.807) is 7.11 Å². The predicted molar refractivity (Wildman–Crippen MR) is 66.9 cm³/mol. The van der Waals surface area contributed by atoms with E-state index >= 15 is 0 Å². The third-order valence-corrected chi connectivity index (χ3v) is 2.12. The van der Waals surface area contributed by atoms with Gasteiger partial charge in [-0.05, 0) is 22.9 Å². The second-order valence-corrected chi connectivity index (χ2v) is 3.29. The summed E-state index contributed by atoms with van der Waals surface area (Å²) in [6.07, 6.45) is 1.51. The zero-order valence-electron chi connectivity index (χ0n) is 9.64. The Morgan fingerprint density at radius 1 is 1.12 bits per heavy atom. The summed E-state index contributed by atoms with van der Waals surface area (Å²) in [7, 11) is 1.68. The number of hydrogen-bond donors (Lipinski definition) is 0. The van der Waals surface area contributed by atoms with Crippen LogP contribution in [0.15, 0.2) is 42.5 Å². The molecule has 0 unspecified atom stereocenters. The van der Waals surface area contributed by atoms with Crippen molar-refractivity contribution in [3.05, 3.63) is 42.5 Å². The molecule has 0 spiro atoms. The molecule has 0 heterocycles. The molecule has 2 rings (SSSR count). The highest BCUT2D eigenvalue weighted by molar-refractivity contribution is 5.83. The van der Waals surface area contributed by atoms with E-state index < -0.39 is 0 Å². The molecule has 0 aromatic heterocycles. The molecule has 0 radical (unpaired) electrons. The van der Waals surface area contributed by atoms with Crippen LogP contribution in [0.25, 0.3) is 10.8 Å². The maximum atomic E-state index is 9.17. The third kappa shape index (κ3) is 3.39. The molecule has 0 N–H and O–H groups in total. The molecule has 2 aromatic rings. The molecule has 0 bridgehead atoms. The molecule has 0 atom stereocenters. The van der Waals surface area contributed by atoms with E-state index in [9.17, 15) is 4.79 Å².